The van der Waals surface area contributed by atoms with Gasteiger partial charge < -0.3 is 5.32 Å². The van der Waals surface area contributed by atoms with E-state index in [1.165, 1.54) is 26.2 Å². The lowest BCUT2D eigenvalue weighted by Crippen LogP contribution is -2.23. The van der Waals surface area contributed by atoms with Crippen LogP contribution in [0.1, 0.15) is 21.5 Å². The van der Waals surface area contributed by atoms with E-state index in [1.807, 2.05) is 54.6 Å². The third-order valence-electron chi connectivity index (χ3n) is 3.60. The Kier molecular flexibility index (Phi) is 5.67. The van der Waals surface area contributed by atoms with Crippen molar-refractivity contribution in [3.05, 3.63) is 56.7 Å². The minimum atomic E-state index is -3.59. The van der Waals surface area contributed by atoms with Crippen molar-refractivity contribution in [1.29, 1.82) is 0 Å². The van der Waals surface area contributed by atoms with Gasteiger partial charge in [-0.05, 0) is 71.8 Å². The number of nitrogens with zero attached hydrogens (tertiary/aromatic N) is 1. The van der Waals surface area contributed by atoms with Crippen molar-refractivity contribution in [2.45, 2.75) is 18.7 Å². The quantitative estimate of drug-likeness (QED) is 0.715. The van der Waals surface area contributed by atoms with Crippen LogP contribution in [0.5, 0.6) is 0 Å². The number of carbonyl (C=O) groups is 1. The molecule has 2 aromatic carbocycles. The lowest BCUT2D eigenvalue weighted by molar-refractivity contribution is 0.102. The van der Waals surface area contributed by atoms with E-state index >= 15 is 0 Å². The van der Waals surface area contributed by atoms with E-state index in [0.717, 1.165) is 21.1 Å². The van der Waals surface area contributed by atoms with E-state index in [0.29, 0.717) is 9.13 Å². The van der Waals surface area contributed by atoms with Crippen molar-refractivity contribution in [3.63, 3.8) is 0 Å². The van der Waals surface area contributed by atoms with Crippen LogP contribution in [0.2, 0.25) is 0 Å². The zero-order chi connectivity index (χ0) is 18.1. The Morgan fingerprint density at radius 3 is 2.38 bits per heavy atom. The summed E-state index contributed by atoms with van der Waals surface area (Å²) in [6.45, 7) is 3.86. The van der Waals surface area contributed by atoms with Crippen LogP contribution in [-0.2, 0) is 10.0 Å². The average Bonchev–Trinajstić information content (AvgIpc) is 2.50. The molecule has 24 heavy (non-hydrogen) atoms. The second kappa shape index (κ2) is 7.20. The normalized spacial score (nSPS) is 11.6. The number of rotatable bonds is 4. The van der Waals surface area contributed by atoms with Gasteiger partial charge in [-0.25, -0.2) is 12.7 Å². The molecular formula is C17H19IN2O3S. The van der Waals surface area contributed by atoms with Gasteiger partial charge in [0, 0.05) is 23.4 Å². The van der Waals surface area contributed by atoms with Crippen molar-refractivity contribution in [2.24, 2.45) is 0 Å². The number of hydrogen-bond donors (Lipinski definition) is 1. The predicted molar refractivity (Wildman–Crippen MR) is 104 cm³/mol. The maximum Gasteiger partial charge on any atom is 0.256 e. The van der Waals surface area contributed by atoms with Crippen LogP contribution in [0.25, 0.3) is 0 Å². The summed E-state index contributed by atoms with van der Waals surface area (Å²) in [6.07, 6.45) is 0. The number of benzene rings is 2. The van der Waals surface area contributed by atoms with Crippen LogP contribution in [0, 0.1) is 17.4 Å². The maximum atomic E-state index is 12.6. The third-order valence-corrected chi connectivity index (χ3v) is 6.35. The van der Waals surface area contributed by atoms with E-state index in [1.54, 1.807) is 6.07 Å². The van der Waals surface area contributed by atoms with Crippen LogP contribution in [-0.4, -0.2) is 32.7 Å². The Balaban J connectivity index is 2.41. The van der Waals surface area contributed by atoms with Gasteiger partial charge in [0.2, 0.25) is 10.0 Å². The third kappa shape index (κ3) is 3.96. The van der Waals surface area contributed by atoms with Gasteiger partial charge in [0.25, 0.3) is 5.91 Å². The molecule has 0 aliphatic carbocycles. The Morgan fingerprint density at radius 1 is 1.08 bits per heavy atom. The number of carbonyl (C=O) groups excluding carboxylic acids is 1. The zero-order valence-corrected chi connectivity index (χ0v) is 16.9. The first-order valence-corrected chi connectivity index (χ1v) is 9.75. The highest BCUT2D eigenvalue weighted by atomic mass is 127. The summed E-state index contributed by atoms with van der Waals surface area (Å²) in [5, 5.41) is 2.86. The summed E-state index contributed by atoms with van der Waals surface area (Å²) in [4.78, 5) is 12.7. The molecule has 2 aromatic rings. The molecule has 0 saturated carbocycles. The molecule has 0 aromatic heterocycles. The van der Waals surface area contributed by atoms with E-state index in [-0.39, 0.29) is 10.8 Å². The van der Waals surface area contributed by atoms with Crippen LogP contribution >= 0.6 is 22.6 Å². The summed E-state index contributed by atoms with van der Waals surface area (Å²) in [7, 11) is -0.664. The van der Waals surface area contributed by atoms with E-state index in [9.17, 15) is 13.2 Å². The van der Waals surface area contributed by atoms with Crippen molar-refractivity contribution < 1.29 is 13.2 Å². The molecular weight excluding hydrogens is 439 g/mol. The molecule has 0 aliphatic rings. The van der Waals surface area contributed by atoms with Gasteiger partial charge in [-0.15, -0.1) is 0 Å². The first-order valence-electron chi connectivity index (χ1n) is 7.23. The summed E-state index contributed by atoms with van der Waals surface area (Å²) in [6, 6.07) is 10.3. The number of aryl methyl sites for hydroxylation is 2. The predicted octanol–water partition coefficient (Wildman–Crippen LogP) is 3.41. The minimum absolute atomic E-state index is 0.0963. The molecule has 0 bridgehead atoms. The molecule has 5 nitrogen and oxygen atoms in total. The summed E-state index contributed by atoms with van der Waals surface area (Å²) >= 11 is 2.03. The number of nitrogens with one attached hydrogen (secondary N) is 1. The van der Waals surface area contributed by atoms with Crippen molar-refractivity contribution in [1.82, 2.24) is 4.31 Å². The molecule has 0 aliphatic heterocycles. The van der Waals surface area contributed by atoms with Gasteiger partial charge in [-0.2, -0.15) is 0 Å². The van der Waals surface area contributed by atoms with Gasteiger partial charge in [-0.3, -0.25) is 4.79 Å². The van der Waals surface area contributed by atoms with E-state index in [2.05, 4.69) is 5.32 Å². The first kappa shape index (κ1) is 18.9. The molecule has 1 N–H and O–H groups in total. The smallest absolute Gasteiger partial charge is 0.256 e. The molecule has 7 heteroatoms. The second-order valence-corrected chi connectivity index (χ2v) is 9.02. The molecule has 0 radical (unpaired) electrons. The van der Waals surface area contributed by atoms with Crippen LogP contribution < -0.4 is 5.32 Å². The topological polar surface area (TPSA) is 66.5 Å². The number of sulfonamides is 1. The van der Waals surface area contributed by atoms with Gasteiger partial charge in [-0.1, -0.05) is 12.1 Å². The number of amides is 1. The fourth-order valence-electron chi connectivity index (χ4n) is 2.11. The second-order valence-electron chi connectivity index (χ2n) is 5.70. The van der Waals surface area contributed by atoms with Crippen molar-refractivity contribution >= 4 is 44.2 Å². The number of hydrogen-bond acceptors (Lipinski definition) is 3. The monoisotopic (exact) mass is 458 g/mol. The highest BCUT2D eigenvalue weighted by molar-refractivity contribution is 14.1. The van der Waals surface area contributed by atoms with Crippen LogP contribution in [0.4, 0.5) is 5.69 Å². The highest BCUT2D eigenvalue weighted by Crippen LogP contribution is 2.22. The Labute approximate surface area is 156 Å². The minimum Gasteiger partial charge on any atom is -0.322 e. The lowest BCUT2D eigenvalue weighted by Gasteiger charge is -2.14. The van der Waals surface area contributed by atoms with E-state index < -0.39 is 10.0 Å². The highest BCUT2D eigenvalue weighted by Gasteiger charge is 2.20. The van der Waals surface area contributed by atoms with Crippen molar-refractivity contribution in [2.75, 3.05) is 19.4 Å². The van der Waals surface area contributed by atoms with Gasteiger partial charge in [0.1, 0.15) is 0 Å². The van der Waals surface area contributed by atoms with E-state index in [4.69, 9.17) is 0 Å². The summed E-state index contributed by atoms with van der Waals surface area (Å²) in [5.41, 5.74) is 3.03. The molecule has 0 atom stereocenters. The Hall–Kier alpha value is -1.45. The molecule has 0 fully saturated rings. The number of halogens is 1. The molecule has 2 rings (SSSR count). The van der Waals surface area contributed by atoms with Gasteiger partial charge in [0.05, 0.1) is 10.5 Å². The van der Waals surface area contributed by atoms with Crippen LogP contribution in [0.3, 0.4) is 0 Å². The van der Waals surface area contributed by atoms with Crippen molar-refractivity contribution in [3.8, 4) is 0 Å². The fraction of sp³-hybridized carbons (Fsp3) is 0.235. The Morgan fingerprint density at radius 2 is 1.75 bits per heavy atom. The maximum absolute atomic E-state index is 12.6. The molecule has 0 unspecified atom stereocenters. The lowest BCUT2D eigenvalue weighted by atomic mass is 10.1. The molecule has 128 valence electrons. The number of anilines is 1. The van der Waals surface area contributed by atoms with Crippen LogP contribution in [0.15, 0.2) is 41.3 Å². The summed E-state index contributed by atoms with van der Waals surface area (Å²) < 4.78 is 26.3. The molecule has 0 spiro atoms. The largest absolute Gasteiger partial charge is 0.322 e. The fourth-order valence-corrected chi connectivity index (χ4v) is 3.62. The van der Waals surface area contributed by atoms with Gasteiger partial charge >= 0.3 is 0 Å². The Bertz CT molecular complexity index is 893. The first-order chi connectivity index (χ1) is 11.1. The zero-order valence-electron chi connectivity index (χ0n) is 13.9. The van der Waals surface area contributed by atoms with Gasteiger partial charge in [0.15, 0.2) is 0 Å². The summed E-state index contributed by atoms with van der Waals surface area (Å²) in [5.74, 6) is -0.330. The molecule has 0 saturated heterocycles. The average molecular weight is 458 g/mol. The molecule has 1 amide bonds. The molecule has 0 heterocycles. The standard InChI is InChI=1S/C17H19IN2O3S/c1-11-5-6-12(2)16(9-11)19-17(21)14-10-13(7-8-15(14)18)24(22,23)20(3)4/h5-10H,1-4H3,(H,19,21). The SMILES string of the molecule is Cc1ccc(C)c(NC(=O)c2cc(S(=O)(=O)N(C)C)ccc2I)c1.